The number of nitrogens with zero attached hydrogens (tertiary/aromatic N) is 2. The van der Waals surface area contributed by atoms with Crippen molar-refractivity contribution in [3.63, 3.8) is 0 Å². The number of hydrogen-bond donors (Lipinski definition) is 4. The van der Waals surface area contributed by atoms with E-state index in [4.69, 9.17) is 20.3 Å². The van der Waals surface area contributed by atoms with Gasteiger partial charge < -0.3 is 40.7 Å². The molecule has 1 rings (SSSR count). The smallest absolute Gasteiger partial charge is 0.239 e. The standard InChI is InChI=1S/C26H49N5O7/c1-8-16(2)24(30(5)23(35)13-27)20(37-6)12-22(34)31-11-9-10-19(31)25(38-7)18(4)26(36)28-14-21(33)29-17(3)15-32/h16-20,24-25,32H,8-15,27H2,1-7H3,(H,28,36)(H,29,33)/t16-,17-,18+,19-,20+,24-,25+/m0/s1. The largest absolute Gasteiger partial charge is 0.394 e. The Morgan fingerprint density at radius 1 is 1.16 bits per heavy atom. The number of nitrogens with one attached hydrogen (secondary N) is 2. The Morgan fingerprint density at radius 3 is 2.34 bits per heavy atom. The summed E-state index contributed by atoms with van der Waals surface area (Å²) in [5.41, 5.74) is 5.59. The molecule has 1 saturated heterocycles. The minimum Gasteiger partial charge on any atom is -0.394 e. The predicted octanol–water partition coefficient (Wildman–Crippen LogP) is -0.521. The Balaban J connectivity index is 2.96. The van der Waals surface area contributed by atoms with Crippen LogP contribution in [0.1, 0.15) is 53.4 Å². The van der Waals surface area contributed by atoms with Crippen molar-refractivity contribution in [1.82, 2.24) is 20.4 Å². The van der Waals surface area contributed by atoms with Crippen LogP contribution in [0.3, 0.4) is 0 Å². The molecule has 0 saturated carbocycles. The zero-order chi connectivity index (χ0) is 29.0. The van der Waals surface area contributed by atoms with Gasteiger partial charge >= 0.3 is 0 Å². The van der Waals surface area contributed by atoms with Gasteiger partial charge in [0.2, 0.25) is 23.6 Å². The SMILES string of the molecule is CC[C@H](C)[C@@H]([C@@H](CC(=O)N1CCC[C@H]1[C@H](OC)[C@@H](C)C(=O)NCC(=O)N[C@@H](C)CO)OC)N(C)C(=O)CN. The first-order valence-electron chi connectivity index (χ1n) is 13.5. The Bertz CT molecular complexity index is 783. The molecular weight excluding hydrogens is 494 g/mol. The maximum Gasteiger partial charge on any atom is 0.239 e. The number of carbonyl (C=O) groups excluding carboxylic acids is 4. The van der Waals surface area contributed by atoms with E-state index in [9.17, 15) is 19.2 Å². The summed E-state index contributed by atoms with van der Waals surface area (Å²) in [6.45, 7) is 7.39. The summed E-state index contributed by atoms with van der Waals surface area (Å²) < 4.78 is 11.5. The molecule has 12 heteroatoms. The van der Waals surface area contributed by atoms with Crippen molar-refractivity contribution < 1.29 is 33.8 Å². The maximum absolute atomic E-state index is 13.5. The minimum absolute atomic E-state index is 0.0738. The van der Waals surface area contributed by atoms with Gasteiger partial charge in [0.1, 0.15) is 0 Å². The van der Waals surface area contributed by atoms with E-state index in [1.165, 1.54) is 14.2 Å². The lowest BCUT2D eigenvalue weighted by molar-refractivity contribution is -0.145. The van der Waals surface area contributed by atoms with Gasteiger partial charge in [-0.15, -0.1) is 0 Å². The van der Waals surface area contributed by atoms with Crippen LogP contribution in [0.15, 0.2) is 0 Å². The van der Waals surface area contributed by atoms with Gasteiger partial charge in [-0.3, -0.25) is 19.2 Å². The molecule has 0 spiro atoms. The van der Waals surface area contributed by atoms with Gasteiger partial charge in [0.25, 0.3) is 0 Å². The fraction of sp³-hybridized carbons (Fsp3) is 0.846. The summed E-state index contributed by atoms with van der Waals surface area (Å²) in [6, 6.07) is -1.06. The van der Waals surface area contributed by atoms with Gasteiger partial charge in [-0.05, 0) is 25.7 Å². The molecule has 1 heterocycles. The first kappa shape index (κ1) is 33.7. The molecular formula is C26H49N5O7. The third-order valence-electron chi connectivity index (χ3n) is 7.58. The third kappa shape index (κ3) is 9.18. The van der Waals surface area contributed by atoms with Gasteiger partial charge in [0.15, 0.2) is 0 Å². The molecule has 1 fully saturated rings. The molecule has 0 aromatic heterocycles. The Labute approximate surface area is 226 Å². The van der Waals surface area contributed by atoms with Gasteiger partial charge in [0.05, 0.1) is 56.3 Å². The van der Waals surface area contributed by atoms with E-state index in [0.29, 0.717) is 13.0 Å². The summed E-state index contributed by atoms with van der Waals surface area (Å²) in [5.74, 6) is -1.66. The Kier molecular flexibility index (Phi) is 14.8. The molecule has 0 aromatic rings. The van der Waals surface area contributed by atoms with Crippen molar-refractivity contribution in [2.45, 2.75) is 83.7 Å². The highest BCUT2D eigenvalue weighted by atomic mass is 16.5. The van der Waals surface area contributed by atoms with E-state index in [-0.39, 0.29) is 61.8 Å². The maximum atomic E-state index is 13.5. The number of aliphatic hydroxyl groups is 1. The highest BCUT2D eigenvalue weighted by molar-refractivity contribution is 5.86. The van der Waals surface area contributed by atoms with Gasteiger partial charge in [-0.1, -0.05) is 27.2 Å². The summed E-state index contributed by atoms with van der Waals surface area (Å²) in [4.78, 5) is 54.1. The first-order chi connectivity index (χ1) is 18.0. The number of ether oxygens (including phenoxy) is 2. The Morgan fingerprint density at radius 2 is 1.82 bits per heavy atom. The minimum atomic E-state index is -0.624. The topological polar surface area (TPSA) is 164 Å². The summed E-state index contributed by atoms with van der Waals surface area (Å²) in [7, 11) is 4.74. The quantitative estimate of drug-likeness (QED) is 0.202. The second kappa shape index (κ2) is 16.6. The molecule has 38 heavy (non-hydrogen) atoms. The van der Waals surface area contributed by atoms with Crippen LogP contribution < -0.4 is 16.4 Å². The number of likely N-dealkylation sites (tertiary alicyclic amines) is 1. The van der Waals surface area contributed by atoms with E-state index in [0.717, 1.165) is 12.8 Å². The van der Waals surface area contributed by atoms with Crippen LogP contribution in [0.2, 0.25) is 0 Å². The molecule has 5 N–H and O–H groups in total. The number of nitrogens with two attached hydrogens (primary N) is 1. The lowest BCUT2D eigenvalue weighted by Crippen LogP contribution is -2.54. The van der Waals surface area contributed by atoms with Crippen LogP contribution in [0.5, 0.6) is 0 Å². The van der Waals surface area contributed by atoms with Crippen molar-refractivity contribution >= 4 is 23.6 Å². The second-order valence-electron chi connectivity index (χ2n) is 10.2. The third-order valence-corrected chi connectivity index (χ3v) is 7.58. The van der Waals surface area contributed by atoms with Gasteiger partial charge in [-0.2, -0.15) is 0 Å². The zero-order valence-corrected chi connectivity index (χ0v) is 24.1. The molecule has 0 bridgehead atoms. The molecule has 1 aliphatic heterocycles. The second-order valence-corrected chi connectivity index (χ2v) is 10.2. The highest BCUT2D eigenvalue weighted by Gasteiger charge is 2.41. The fourth-order valence-corrected chi connectivity index (χ4v) is 5.17. The van der Waals surface area contributed by atoms with Crippen molar-refractivity contribution in [3.8, 4) is 0 Å². The van der Waals surface area contributed by atoms with E-state index in [1.807, 2.05) is 13.8 Å². The molecule has 1 aliphatic rings. The number of aliphatic hydroxyl groups excluding tert-OH is 1. The fourth-order valence-electron chi connectivity index (χ4n) is 5.17. The molecule has 0 radical (unpaired) electrons. The van der Waals surface area contributed by atoms with Crippen LogP contribution >= 0.6 is 0 Å². The van der Waals surface area contributed by atoms with Crippen LogP contribution in [-0.2, 0) is 28.7 Å². The van der Waals surface area contributed by atoms with Gasteiger partial charge in [-0.25, -0.2) is 0 Å². The average molecular weight is 544 g/mol. The van der Waals surface area contributed by atoms with E-state index < -0.39 is 30.1 Å². The van der Waals surface area contributed by atoms with Crippen LogP contribution in [0, 0.1) is 11.8 Å². The van der Waals surface area contributed by atoms with Crippen molar-refractivity contribution in [3.05, 3.63) is 0 Å². The lowest BCUT2D eigenvalue weighted by atomic mass is 9.90. The number of amides is 4. The number of rotatable bonds is 16. The normalized spacial score (nSPS) is 20.1. The van der Waals surface area contributed by atoms with Crippen LogP contribution in [0.25, 0.3) is 0 Å². The number of carbonyl (C=O) groups is 4. The van der Waals surface area contributed by atoms with E-state index >= 15 is 0 Å². The molecule has 220 valence electrons. The van der Waals surface area contributed by atoms with Crippen LogP contribution in [0.4, 0.5) is 0 Å². The average Bonchev–Trinajstić information content (AvgIpc) is 3.40. The van der Waals surface area contributed by atoms with Crippen LogP contribution in [-0.4, -0.2) is 116 Å². The first-order valence-corrected chi connectivity index (χ1v) is 13.5. The van der Waals surface area contributed by atoms with E-state index in [1.54, 1.807) is 30.7 Å². The number of hydrogen-bond acceptors (Lipinski definition) is 8. The van der Waals surface area contributed by atoms with Gasteiger partial charge in [0, 0.05) is 33.9 Å². The zero-order valence-electron chi connectivity index (χ0n) is 24.1. The molecule has 12 nitrogen and oxygen atoms in total. The number of likely N-dealkylation sites (N-methyl/N-ethyl adjacent to an activating group) is 1. The summed E-state index contributed by atoms with van der Waals surface area (Å²) in [5, 5.41) is 14.3. The summed E-state index contributed by atoms with van der Waals surface area (Å²) >= 11 is 0. The molecule has 0 unspecified atom stereocenters. The number of methoxy groups -OCH3 is 2. The summed E-state index contributed by atoms with van der Waals surface area (Å²) in [6.07, 6.45) is 1.21. The highest BCUT2D eigenvalue weighted by Crippen LogP contribution is 2.29. The van der Waals surface area contributed by atoms with Crippen molar-refractivity contribution in [2.24, 2.45) is 17.6 Å². The predicted molar refractivity (Wildman–Crippen MR) is 143 cm³/mol. The van der Waals surface area contributed by atoms with Crippen molar-refractivity contribution in [2.75, 3.05) is 47.5 Å². The monoisotopic (exact) mass is 543 g/mol. The molecule has 7 atom stereocenters. The molecule has 0 aromatic carbocycles. The van der Waals surface area contributed by atoms with E-state index in [2.05, 4.69) is 10.6 Å². The molecule has 0 aliphatic carbocycles. The molecule has 4 amide bonds. The Hall–Kier alpha value is -2.28. The lowest BCUT2D eigenvalue weighted by Gasteiger charge is -2.39. The van der Waals surface area contributed by atoms with Crippen molar-refractivity contribution in [1.29, 1.82) is 0 Å².